The van der Waals surface area contributed by atoms with E-state index in [2.05, 4.69) is 0 Å². The highest BCUT2D eigenvalue weighted by Crippen LogP contribution is 2.42. The minimum absolute atomic E-state index is 0.468. The molecule has 20 heavy (non-hydrogen) atoms. The Morgan fingerprint density at radius 2 is 1.35 bits per heavy atom. The van der Waals surface area contributed by atoms with Gasteiger partial charge in [-0.3, -0.25) is 19.2 Å². The van der Waals surface area contributed by atoms with Crippen LogP contribution in [0.5, 0.6) is 0 Å². The Bertz CT molecular complexity index is 461. The fraction of sp³-hybridized carbons (Fsp3) is 0.714. The van der Waals surface area contributed by atoms with E-state index in [4.69, 9.17) is 23.2 Å². The van der Waals surface area contributed by atoms with Gasteiger partial charge >= 0.3 is 0 Å². The monoisotopic (exact) mass is 320 g/mol. The highest BCUT2D eigenvalue weighted by molar-refractivity contribution is 6.46. The Hall–Kier alpha value is -0.740. The molecule has 6 heteroatoms. The molecule has 0 bridgehead atoms. The van der Waals surface area contributed by atoms with E-state index >= 15 is 0 Å². The molecule has 0 aromatic carbocycles. The van der Waals surface area contributed by atoms with Crippen molar-refractivity contribution in [2.24, 2.45) is 22.7 Å². The molecule has 0 saturated heterocycles. The molecule has 0 heterocycles. The fourth-order valence-electron chi connectivity index (χ4n) is 2.49. The molecule has 112 valence electrons. The number of carbonyl (C=O) groups is 4. The largest absolute Gasteiger partial charge is 0.298 e. The zero-order valence-corrected chi connectivity index (χ0v) is 13.6. The lowest BCUT2D eigenvalue weighted by Crippen LogP contribution is -2.60. The van der Waals surface area contributed by atoms with Crippen LogP contribution in [0.25, 0.3) is 0 Å². The molecule has 0 aromatic heterocycles. The van der Waals surface area contributed by atoms with E-state index in [0.717, 1.165) is 0 Å². The predicted molar refractivity (Wildman–Crippen MR) is 75.7 cm³/mol. The number of ketones is 4. The van der Waals surface area contributed by atoms with E-state index in [0.29, 0.717) is 0 Å². The van der Waals surface area contributed by atoms with Gasteiger partial charge in [-0.1, -0.05) is 6.92 Å². The van der Waals surface area contributed by atoms with E-state index in [9.17, 15) is 19.2 Å². The Labute approximate surface area is 128 Å². The zero-order chi connectivity index (χ0) is 16.0. The summed E-state index contributed by atoms with van der Waals surface area (Å²) in [5, 5.41) is 0. The van der Waals surface area contributed by atoms with Crippen molar-refractivity contribution >= 4 is 46.3 Å². The summed E-state index contributed by atoms with van der Waals surface area (Å²) in [6, 6.07) is 0. The number of hydrogen-bond acceptors (Lipinski definition) is 4. The van der Waals surface area contributed by atoms with Crippen LogP contribution in [0.4, 0.5) is 0 Å². The molecule has 1 atom stereocenters. The van der Waals surface area contributed by atoms with Crippen molar-refractivity contribution in [1.29, 1.82) is 0 Å². The SMILES string of the molecule is CC(C(=O)C1C(=O)C(C)(C)C(=O)C(C)(C)C1=O)C(Cl)Cl. The van der Waals surface area contributed by atoms with Crippen LogP contribution < -0.4 is 0 Å². The van der Waals surface area contributed by atoms with Gasteiger partial charge in [-0.05, 0) is 27.7 Å². The molecule has 4 nitrogen and oxygen atoms in total. The number of Topliss-reactive ketones (excluding diaryl/α,β-unsaturated/α-hetero) is 4. The number of hydrogen-bond donors (Lipinski definition) is 0. The number of carbonyl (C=O) groups excluding carboxylic acids is 4. The van der Waals surface area contributed by atoms with Gasteiger partial charge in [0.1, 0.15) is 10.8 Å². The van der Waals surface area contributed by atoms with Crippen LogP contribution in [0.2, 0.25) is 0 Å². The molecule has 1 unspecified atom stereocenters. The van der Waals surface area contributed by atoms with Crippen LogP contribution in [-0.4, -0.2) is 28.0 Å². The first-order valence-corrected chi connectivity index (χ1v) is 7.19. The van der Waals surface area contributed by atoms with Gasteiger partial charge in [0.25, 0.3) is 0 Å². The van der Waals surface area contributed by atoms with Gasteiger partial charge in [-0.15, -0.1) is 23.2 Å². The van der Waals surface area contributed by atoms with Gasteiger partial charge in [0.15, 0.2) is 23.1 Å². The standard InChI is InChI=1S/C14H18Cl2O4/c1-6(11(15)16)8(17)7-9(18)13(2,3)12(20)14(4,5)10(7)19/h6-7,11H,1-5H3. The summed E-state index contributed by atoms with van der Waals surface area (Å²) in [7, 11) is 0. The summed E-state index contributed by atoms with van der Waals surface area (Å²) in [5.41, 5.74) is -2.74. The minimum atomic E-state index is -1.47. The summed E-state index contributed by atoms with van der Waals surface area (Å²) in [5.74, 6) is -4.74. The van der Waals surface area contributed by atoms with Gasteiger partial charge in [-0.2, -0.15) is 0 Å². The maximum atomic E-state index is 12.4. The second kappa shape index (κ2) is 5.23. The van der Waals surface area contributed by atoms with Gasteiger partial charge in [0.05, 0.1) is 10.8 Å². The van der Waals surface area contributed by atoms with Crippen molar-refractivity contribution in [1.82, 2.24) is 0 Å². The number of rotatable bonds is 3. The molecule has 1 saturated carbocycles. The van der Waals surface area contributed by atoms with Gasteiger partial charge < -0.3 is 0 Å². The maximum absolute atomic E-state index is 12.4. The van der Waals surface area contributed by atoms with Gasteiger partial charge in [0.2, 0.25) is 0 Å². The van der Waals surface area contributed by atoms with Crippen LogP contribution >= 0.6 is 23.2 Å². The van der Waals surface area contributed by atoms with Gasteiger partial charge in [-0.25, -0.2) is 0 Å². The Balaban J connectivity index is 3.33. The molecule has 1 aliphatic rings. The third-order valence-corrected chi connectivity index (χ3v) is 4.76. The van der Waals surface area contributed by atoms with Crippen LogP contribution in [-0.2, 0) is 19.2 Å². The maximum Gasteiger partial charge on any atom is 0.163 e. The van der Waals surface area contributed by atoms with E-state index in [1.807, 2.05) is 0 Å². The van der Waals surface area contributed by atoms with Crippen LogP contribution in [0.3, 0.4) is 0 Å². The van der Waals surface area contributed by atoms with Gasteiger partial charge in [0, 0.05) is 5.92 Å². The predicted octanol–water partition coefficient (Wildman–Crippen LogP) is 2.38. The lowest BCUT2D eigenvalue weighted by molar-refractivity contribution is -0.162. The average molecular weight is 321 g/mol. The molecule has 1 rings (SSSR count). The normalized spacial score (nSPS) is 24.1. The third-order valence-electron chi connectivity index (χ3n) is 4.00. The lowest BCUT2D eigenvalue weighted by Gasteiger charge is -2.40. The first-order valence-electron chi connectivity index (χ1n) is 6.32. The molecule has 1 fully saturated rings. The number of halogens is 2. The summed E-state index contributed by atoms with van der Waals surface area (Å²) in [6.07, 6.45) is 0. The highest BCUT2D eigenvalue weighted by Gasteiger charge is 2.60. The molecular formula is C14H18Cl2O4. The molecule has 0 amide bonds. The van der Waals surface area contributed by atoms with E-state index in [1.54, 1.807) is 0 Å². The third kappa shape index (κ3) is 2.44. The first-order chi connectivity index (χ1) is 8.86. The quantitative estimate of drug-likeness (QED) is 0.591. The Morgan fingerprint density at radius 3 is 1.65 bits per heavy atom. The topological polar surface area (TPSA) is 68.3 Å². The Morgan fingerprint density at radius 1 is 1.00 bits per heavy atom. The highest BCUT2D eigenvalue weighted by atomic mass is 35.5. The van der Waals surface area contributed by atoms with Crippen molar-refractivity contribution in [3.63, 3.8) is 0 Å². The summed E-state index contributed by atoms with van der Waals surface area (Å²) >= 11 is 11.3. The molecule has 0 N–H and O–H groups in total. The van der Waals surface area contributed by atoms with E-state index < -0.39 is 50.6 Å². The van der Waals surface area contributed by atoms with Crippen molar-refractivity contribution in [2.75, 3.05) is 0 Å². The van der Waals surface area contributed by atoms with Crippen molar-refractivity contribution in [2.45, 2.75) is 39.5 Å². The number of alkyl halides is 2. The lowest BCUT2D eigenvalue weighted by atomic mass is 9.57. The van der Waals surface area contributed by atoms with Crippen molar-refractivity contribution in [3.8, 4) is 0 Å². The van der Waals surface area contributed by atoms with E-state index in [1.165, 1.54) is 34.6 Å². The van der Waals surface area contributed by atoms with Crippen molar-refractivity contribution < 1.29 is 19.2 Å². The minimum Gasteiger partial charge on any atom is -0.298 e. The molecule has 0 aromatic rings. The summed E-state index contributed by atoms with van der Waals surface area (Å²) in [6.45, 7) is 7.22. The van der Waals surface area contributed by atoms with E-state index in [-0.39, 0.29) is 0 Å². The smallest absolute Gasteiger partial charge is 0.163 e. The Kier molecular flexibility index (Phi) is 4.52. The van der Waals surface area contributed by atoms with Crippen LogP contribution in [0.1, 0.15) is 34.6 Å². The molecular weight excluding hydrogens is 303 g/mol. The second-order valence-electron chi connectivity index (χ2n) is 6.27. The molecule has 0 radical (unpaired) electrons. The molecule has 1 aliphatic carbocycles. The first kappa shape index (κ1) is 17.3. The summed E-state index contributed by atoms with van der Waals surface area (Å²) in [4.78, 5) is 48.3. The summed E-state index contributed by atoms with van der Waals surface area (Å²) < 4.78 is 0. The van der Waals surface area contributed by atoms with Crippen molar-refractivity contribution in [3.05, 3.63) is 0 Å². The second-order valence-corrected chi connectivity index (χ2v) is 7.43. The molecule has 0 spiro atoms. The average Bonchev–Trinajstić information content (AvgIpc) is 2.34. The zero-order valence-electron chi connectivity index (χ0n) is 12.1. The van der Waals surface area contributed by atoms with Crippen LogP contribution in [0.15, 0.2) is 0 Å². The fourth-order valence-corrected chi connectivity index (χ4v) is 2.74. The molecule has 0 aliphatic heterocycles. The van der Waals surface area contributed by atoms with Crippen LogP contribution in [0, 0.1) is 22.7 Å².